The molecule has 4 rings (SSSR count). The second kappa shape index (κ2) is 10.3. The molecule has 1 amide bonds. The van der Waals surface area contributed by atoms with Gasteiger partial charge in [-0.2, -0.15) is 0 Å². The Kier molecular flexibility index (Phi) is 7.21. The number of ether oxygens (including phenoxy) is 1. The molecular weight excluding hydrogens is 444 g/mol. The Labute approximate surface area is 205 Å². The van der Waals surface area contributed by atoms with Crippen molar-refractivity contribution in [3.63, 3.8) is 0 Å². The highest BCUT2D eigenvalue weighted by Crippen LogP contribution is 2.42. The third-order valence-corrected chi connectivity index (χ3v) is 6.81. The Morgan fingerprint density at radius 2 is 1.83 bits per heavy atom. The standard InChI is InChI=1S/C27H32N4O4/c1-5-29(6-2)15-11-17-31-24(19-12-7-8-13-20(19)35-4)22(26(33)27(31)34)25(32)23-18(3)28-21-14-9-10-16-30(21)23/h7-10,12-14,16,24,32H,5-6,11,15,17H2,1-4H3. The molecule has 1 unspecified atom stereocenters. The van der Waals surface area contributed by atoms with E-state index in [1.165, 1.54) is 9.80 Å². The third kappa shape index (κ3) is 4.41. The summed E-state index contributed by atoms with van der Waals surface area (Å²) in [5, 5.41) is 14.0. The van der Waals surface area contributed by atoms with Gasteiger partial charge in [0.1, 0.15) is 11.4 Å². The summed E-state index contributed by atoms with van der Waals surface area (Å²) >= 11 is 0. The number of aromatic nitrogens is 2. The molecule has 1 saturated heterocycles. The highest BCUT2D eigenvalue weighted by atomic mass is 16.5. The minimum Gasteiger partial charge on any atom is -0.871 e. The molecular formula is C27H32N4O4. The zero-order valence-corrected chi connectivity index (χ0v) is 20.7. The zero-order valence-electron chi connectivity index (χ0n) is 20.7. The molecule has 0 aliphatic carbocycles. The van der Waals surface area contributed by atoms with Crippen LogP contribution in [0.2, 0.25) is 0 Å². The fourth-order valence-electron chi connectivity index (χ4n) is 4.93. The number of aryl methyl sites for hydroxylation is 1. The number of rotatable bonds is 9. The first-order valence-electron chi connectivity index (χ1n) is 12.1. The summed E-state index contributed by atoms with van der Waals surface area (Å²) in [5.74, 6) is -1.36. The van der Waals surface area contributed by atoms with E-state index in [1.54, 1.807) is 42.8 Å². The molecule has 184 valence electrons. The van der Waals surface area contributed by atoms with Gasteiger partial charge in [0.2, 0.25) is 5.78 Å². The van der Waals surface area contributed by atoms with Crippen LogP contribution < -0.4 is 14.7 Å². The lowest BCUT2D eigenvalue weighted by Gasteiger charge is -2.29. The summed E-state index contributed by atoms with van der Waals surface area (Å²) in [6.45, 7) is 9.22. The van der Waals surface area contributed by atoms with E-state index in [0.717, 1.165) is 26.1 Å². The number of amides is 1. The number of pyridine rings is 1. The lowest BCUT2D eigenvalue weighted by molar-refractivity contribution is -0.896. The lowest BCUT2D eigenvalue weighted by atomic mass is 9.95. The van der Waals surface area contributed by atoms with Gasteiger partial charge in [0, 0.05) is 30.3 Å². The Balaban J connectivity index is 1.85. The molecule has 35 heavy (non-hydrogen) atoms. The first-order chi connectivity index (χ1) is 16.9. The van der Waals surface area contributed by atoms with Gasteiger partial charge in [0.25, 0.3) is 5.91 Å². The number of para-hydroxylation sites is 1. The first kappa shape index (κ1) is 24.5. The third-order valence-electron chi connectivity index (χ3n) is 6.81. The van der Waals surface area contributed by atoms with Crippen LogP contribution in [0.25, 0.3) is 11.4 Å². The van der Waals surface area contributed by atoms with Crippen molar-refractivity contribution in [3.05, 3.63) is 71.2 Å². The van der Waals surface area contributed by atoms with Gasteiger partial charge >= 0.3 is 0 Å². The number of carbonyl (C=O) groups excluding carboxylic acids is 2. The number of methoxy groups -OCH3 is 1. The van der Waals surface area contributed by atoms with Crippen LogP contribution in [-0.4, -0.2) is 59.3 Å². The fourth-order valence-corrected chi connectivity index (χ4v) is 4.93. The molecule has 8 nitrogen and oxygen atoms in total. The van der Waals surface area contributed by atoms with Crippen molar-refractivity contribution in [2.24, 2.45) is 0 Å². The molecule has 0 radical (unpaired) electrons. The number of hydrogen-bond acceptors (Lipinski definition) is 5. The molecule has 1 atom stereocenters. The maximum atomic E-state index is 14.0. The SMILES string of the molecule is CC[NH+](CC)CCCN1C(=O)C(=O)C(=C([O-])c2c(C)nc3ccccn23)C1c1ccccc1OC. The molecule has 3 aromatic rings. The highest BCUT2D eigenvalue weighted by molar-refractivity contribution is 6.46. The van der Waals surface area contributed by atoms with Gasteiger partial charge in [-0.1, -0.05) is 30.0 Å². The normalized spacial score (nSPS) is 17.6. The smallest absolute Gasteiger partial charge is 0.295 e. The Morgan fingerprint density at radius 3 is 2.54 bits per heavy atom. The Hall–Kier alpha value is -3.65. The van der Waals surface area contributed by atoms with E-state index in [1.807, 2.05) is 24.3 Å². The van der Waals surface area contributed by atoms with Crippen molar-refractivity contribution >= 4 is 23.1 Å². The van der Waals surface area contributed by atoms with Gasteiger partial charge < -0.3 is 24.0 Å². The molecule has 1 aliphatic heterocycles. The van der Waals surface area contributed by atoms with Crippen LogP contribution in [0, 0.1) is 6.92 Å². The second-order valence-corrected chi connectivity index (χ2v) is 8.75. The molecule has 1 N–H and O–H groups in total. The molecule has 1 aromatic carbocycles. The molecule has 0 spiro atoms. The molecule has 8 heteroatoms. The minimum atomic E-state index is -0.820. The molecule has 0 saturated carbocycles. The monoisotopic (exact) mass is 476 g/mol. The quantitative estimate of drug-likeness (QED) is 0.285. The lowest BCUT2D eigenvalue weighted by Crippen LogP contribution is -3.11. The van der Waals surface area contributed by atoms with E-state index in [0.29, 0.717) is 34.9 Å². The van der Waals surface area contributed by atoms with Crippen molar-refractivity contribution in [1.29, 1.82) is 0 Å². The summed E-state index contributed by atoms with van der Waals surface area (Å²) in [7, 11) is 1.54. The summed E-state index contributed by atoms with van der Waals surface area (Å²) in [6.07, 6.45) is 2.46. The van der Waals surface area contributed by atoms with Crippen LogP contribution in [0.15, 0.2) is 54.2 Å². The number of hydrogen-bond donors (Lipinski definition) is 1. The number of Topliss-reactive ketones (excluding diaryl/α,β-unsaturated/α-hetero) is 1. The maximum absolute atomic E-state index is 14.0. The van der Waals surface area contributed by atoms with Gasteiger partial charge in [-0.15, -0.1) is 0 Å². The molecule has 3 heterocycles. The van der Waals surface area contributed by atoms with Crippen LogP contribution in [0.1, 0.15) is 43.3 Å². The fraction of sp³-hybridized carbons (Fsp3) is 0.370. The van der Waals surface area contributed by atoms with Crippen molar-refractivity contribution in [2.75, 3.05) is 33.3 Å². The zero-order chi connectivity index (χ0) is 25.1. The minimum absolute atomic E-state index is 0.0524. The second-order valence-electron chi connectivity index (χ2n) is 8.75. The van der Waals surface area contributed by atoms with Crippen LogP contribution in [-0.2, 0) is 9.59 Å². The summed E-state index contributed by atoms with van der Waals surface area (Å²) in [4.78, 5) is 34.1. The van der Waals surface area contributed by atoms with Crippen molar-refractivity contribution in [1.82, 2.24) is 14.3 Å². The number of nitrogens with one attached hydrogen (secondary N) is 1. The van der Waals surface area contributed by atoms with Gasteiger partial charge in [-0.05, 0) is 39.0 Å². The van der Waals surface area contributed by atoms with Crippen LogP contribution in [0.5, 0.6) is 5.75 Å². The summed E-state index contributed by atoms with van der Waals surface area (Å²) in [6, 6.07) is 11.9. The average molecular weight is 477 g/mol. The molecule has 2 aromatic heterocycles. The van der Waals surface area contributed by atoms with Crippen LogP contribution >= 0.6 is 0 Å². The Morgan fingerprint density at radius 1 is 1.11 bits per heavy atom. The van der Waals surface area contributed by atoms with Gasteiger partial charge in [-0.3, -0.25) is 9.59 Å². The number of ketones is 1. The van der Waals surface area contributed by atoms with Gasteiger partial charge in [-0.25, -0.2) is 4.98 Å². The molecule has 1 aliphatic rings. The highest BCUT2D eigenvalue weighted by Gasteiger charge is 2.45. The summed E-state index contributed by atoms with van der Waals surface area (Å²) in [5.41, 5.74) is 1.99. The number of benzene rings is 1. The van der Waals surface area contributed by atoms with E-state index in [-0.39, 0.29) is 5.57 Å². The number of nitrogens with zero attached hydrogens (tertiary/aromatic N) is 3. The first-order valence-corrected chi connectivity index (χ1v) is 12.1. The predicted octanol–water partition coefficient (Wildman–Crippen LogP) is 1.19. The van der Waals surface area contributed by atoms with Crippen molar-refractivity contribution < 1.29 is 24.3 Å². The van der Waals surface area contributed by atoms with E-state index in [9.17, 15) is 14.7 Å². The molecule has 0 bridgehead atoms. The van der Waals surface area contributed by atoms with E-state index in [2.05, 4.69) is 18.8 Å². The van der Waals surface area contributed by atoms with Crippen LogP contribution in [0.4, 0.5) is 0 Å². The maximum Gasteiger partial charge on any atom is 0.295 e. The topological polar surface area (TPSA) is 91.4 Å². The number of likely N-dealkylation sites (tertiary alicyclic amines) is 1. The van der Waals surface area contributed by atoms with Gasteiger partial charge in [0.15, 0.2) is 0 Å². The largest absolute Gasteiger partial charge is 0.871 e. The van der Waals surface area contributed by atoms with E-state index >= 15 is 0 Å². The summed E-state index contributed by atoms with van der Waals surface area (Å²) < 4.78 is 7.25. The average Bonchev–Trinajstić information content (AvgIpc) is 3.34. The number of imidazole rings is 1. The number of fused-ring (bicyclic) bond motifs is 1. The molecule has 1 fully saturated rings. The van der Waals surface area contributed by atoms with Crippen LogP contribution in [0.3, 0.4) is 0 Å². The Bertz CT molecular complexity index is 1280. The number of carbonyl (C=O) groups is 2. The van der Waals surface area contributed by atoms with Gasteiger partial charge in [0.05, 0.1) is 44.2 Å². The van der Waals surface area contributed by atoms with Crippen molar-refractivity contribution in [3.8, 4) is 5.75 Å². The predicted molar refractivity (Wildman–Crippen MR) is 131 cm³/mol. The van der Waals surface area contributed by atoms with E-state index in [4.69, 9.17) is 4.74 Å². The van der Waals surface area contributed by atoms with Crippen molar-refractivity contribution in [2.45, 2.75) is 33.2 Å². The number of quaternary nitrogens is 1. The van der Waals surface area contributed by atoms with E-state index < -0.39 is 23.5 Å².